The topological polar surface area (TPSA) is 43.4 Å². The van der Waals surface area contributed by atoms with Gasteiger partial charge in [-0.15, -0.1) is 0 Å². The largest absolute Gasteiger partial charge is 0.379 e. The first kappa shape index (κ1) is 16.6. The van der Waals surface area contributed by atoms with Gasteiger partial charge in [-0.1, -0.05) is 35.4 Å². The average Bonchev–Trinajstić information content (AvgIpc) is 2.42. The van der Waals surface area contributed by atoms with Crippen LogP contribution in [-0.4, -0.2) is 43.6 Å². The third-order valence-electron chi connectivity index (χ3n) is 2.13. The third-order valence-corrected chi connectivity index (χ3v) is 7.04. The average molecular weight is 286 g/mol. The summed E-state index contributed by atoms with van der Waals surface area (Å²) in [4.78, 5) is 0. The number of sulfone groups is 1. The van der Waals surface area contributed by atoms with E-state index in [9.17, 15) is 8.42 Å². The monoisotopic (exact) mass is 286 g/mol. The lowest BCUT2D eigenvalue weighted by Gasteiger charge is -2.26. The predicted molar refractivity (Wildman–Crippen MR) is 74.9 cm³/mol. The van der Waals surface area contributed by atoms with Crippen molar-refractivity contribution in [1.82, 2.24) is 0 Å². The molecule has 0 aliphatic carbocycles. The third kappa shape index (κ3) is 4.85. The highest BCUT2D eigenvalue weighted by Crippen LogP contribution is 2.52. The van der Waals surface area contributed by atoms with E-state index < -0.39 is 9.84 Å². The maximum atomic E-state index is 11.2. The number of rotatable bonds is 3. The Kier molecular flexibility index (Phi) is 6.77. The Labute approximate surface area is 107 Å². The van der Waals surface area contributed by atoms with Gasteiger partial charge in [-0.3, -0.25) is 0 Å². The van der Waals surface area contributed by atoms with E-state index in [0.29, 0.717) is 0 Å². The molecule has 0 aromatic heterocycles. The maximum Gasteiger partial charge on any atom is 0.148 e. The Hall–Kier alpha value is 0.610. The molecular weight excluding hydrogens is 264 g/mol. The quantitative estimate of drug-likeness (QED) is 0.746. The second-order valence-electron chi connectivity index (χ2n) is 4.07. The molecule has 1 rings (SSSR count). The molecule has 0 aromatic rings. The molecule has 0 saturated carbocycles. The molecule has 0 amide bonds. The predicted octanol–water partition coefficient (Wildman–Crippen LogP) is 2.61. The van der Waals surface area contributed by atoms with Crippen LogP contribution < -0.4 is 0 Å². The van der Waals surface area contributed by atoms with Crippen LogP contribution in [0, 0.1) is 0 Å². The van der Waals surface area contributed by atoms with Crippen LogP contribution >= 0.6 is 21.6 Å². The molecular formula is C10H22O3S3. The van der Waals surface area contributed by atoms with Gasteiger partial charge in [0.1, 0.15) is 9.84 Å². The van der Waals surface area contributed by atoms with Gasteiger partial charge in [0.15, 0.2) is 0 Å². The summed E-state index contributed by atoms with van der Waals surface area (Å²) in [5, 5.41) is 0.0509. The van der Waals surface area contributed by atoms with E-state index >= 15 is 0 Å². The standard InChI is InChI=1S/C8H16O3S3.C2H6/c1-8(2)7(11-3)6(12-13-8)5-14(4,9)10;1-2/h6-7H,5H2,1-4H3;1-2H3. The fraction of sp³-hybridized carbons (Fsp3) is 1.00. The summed E-state index contributed by atoms with van der Waals surface area (Å²) in [5.74, 6) is 0.201. The van der Waals surface area contributed by atoms with Crippen molar-refractivity contribution in [2.45, 2.75) is 43.8 Å². The van der Waals surface area contributed by atoms with Gasteiger partial charge >= 0.3 is 0 Å². The van der Waals surface area contributed by atoms with E-state index in [1.807, 2.05) is 13.8 Å². The molecule has 1 saturated heterocycles. The summed E-state index contributed by atoms with van der Waals surface area (Å²) in [7, 11) is 2.06. The molecule has 98 valence electrons. The van der Waals surface area contributed by atoms with Crippen LogP contribution in [0.5, 0.6) is 0 Å². The highest BCUT2D eigenvalue weighted by molar-refractivity contribution is 8.78. The van der Waals surface area contributed by atoms with Gasteiger partial charge in [-0.2, -0.15) is 0 Å². The SMILES string of the molecule is CC.COC1C(CS(C)(=O)=O)SSC1(C)C. The summed E-state index contributed by atoms with van der Waals surface area (Å²) >= 11 is 0. The molecule has 2 unspecified atom stereocenters. The van der Waals surface area contributed by atoms with Crippen LogP contribution in [0.15, 0.2) is 0 Å². The molecule has 1 heterocycles. The summed E-state index contributed by atoms with van der Waals surface area (Å²) in [5.41, 5.74) is 0. The Morgan fingerprint density at radius 1 is 1.31 bits per heavy atom. The Bertz CT molecular complexity index is 298. The van der Waals surface area contributed by atoms with E-state index in [0.717, 1.165) is 0 Å². The smallest absolute Gasteiger partial charge is 0.148 e. The van der Waals surface area contributed by atoms with Crippen molar-refractivity contribution in [2.75, 3.05) is 19.1 Å². The molecule has 0 aromatic carbocycles. The minimum absolute atomic E-state index is 0.00519. The minimum atomic E-state index is -2.91. The summed E-state index contributed by atoms with van der Waals surface area (Å²) < 4.78 is 27.7. The molecule has 3 nitrogen and oxygen atoms in total. The fourth-order valence-electron chi connectivity index (χ4n) is 1.58. The van der Waals surface area contributed by atoms with Crippen molar-refractivity contribution in [3.63, 3.8) is 0 Å². The molecule has 2 atom stereocenters. The van der Waals surface area contributed by atoms with Crippen molar-refractivity contribution < 1.29 is 13.2 Å². The molecule has 16 heavy (non-hydrogen) atoms. The van der Waals surface area contributed by atoms with Crippen LogP contribution in [0.1, 0.15) is 27.7 Å². The lowest BCUT2D eigenvalue weighted by molar-refractivity contribution is 0.0832. The van der Waals surface area contributed by atoms with Gasteiger partial charge in [0.05, 0.1) is 17.1 Å². The second kappa shape index (κ2) is 6.52. The summed E-state index contributed by atoms with van der Waals surface area (Å²) in [6.45, 7) is 8.17. The number of hydrogen-bond donors (Lipinski definition) is 0. The van der Waals surface area contributed by atoms with Crippen molar-refractivity contribution in [2.24, 2.45) is 0 Å². The molecule has 1 aliphatic rings. The molecule has 1 fully saturated rings. The van der Waals surface area contributed by atoms with Crippen molar-refractivity contribution in [3.05, 3.63) is 0 Å². The van der Waals surface area contributed by atoms with Crippen LogP contribution in [0.4, 0.5) is 0 Å². The zero-order chi connectivity index (χ0) is 13.0. The van der Waals surface area contributed by atoms with Gasteiger partial charge in [0, 0.05) is 18.1 Å². The Balaban J connectivity index is 0.00000106. The highest BCUT2D eigenvalue weighted by Gasteiger charge is 2.45. The summed E-state index contributed by atoms with van der Waals surface area (Å²) in [6.07, 6.45) is 1.28. The molecule has 6 heteroatoms. The van der Waals surface area contributed by atoms with E-state index in [-0.39, 0.29) is 21.9 Å². The zero-order valence-electron chi connectivity index (χ0n) is 10.8. The van der Waals surface area contributed by atoms with Crippen LogP contribution in [0.3, 0.4) is 0 Å². The first-order chi connectivity index (χ1) is 7.26. The molecule has 1 aliphatic heterocycles. The van der Waals surface area contributed by atoms with Gasteiger partial charge in [0.25, 0.3) is 0 Å². The lowest BCUT2D eigenvalue weighted by Crippen LogP contribution is -2.39. The van der Waals surface area contributed by atoms with Crippen LogP contribution in [-0.2, 0) is 14.6 Å². The maximum absolute atomic E-state index is 11.2. The van der Waals surface area contributed by atoms with E-state index in [1.165, 1.54) is 6.26 Å². The van der Waals surface area contributed by atoms with E-state index in [2.05, 4.69) is 13.8 Å². The van der Waals surface area contributed by atoms with Gasteiger partial charge in [-0.25, -0.2) is 8.42 Å². The molecule has 0 radical (unpaired) electrons. The fourth-order valence-corrected chi connectivity index (χ4v) is 6.88. The number of hydrogen-bond acceptors (Lipinski definition) is 5. The normalized spacial score (nSPS) is 28.4. The van der Waals surface area contributed by atoms with Crippen molar-refractivity contribution in [3.8, 4) is 0 Å². The van der Waals surface area contributed by atoms with Gasteiger partial charge in [0.2, 0.25) is 0 Å². The Morgan fingerprint density at radius 3 is 2.19 bits per heavy atom. The van der Waals surface area contributed by atoms with Crippen molar-refractivity contribution in [1.29, 1.82) is 0 Å². The number of ether oxygens (including phenoxy) is 1. The minimum Gasteiger partial charge on any atom is -0.379 e. The lowest BCUT2D eigenvalue weighted by atomic mass is 10.0. The van der Waals surface area contributed by atoms with Crippen LogP contribution in [0.2, 0.25) is 0 Å². The molecule has 0 spiro atoms. The summed E-state index contributed by atoms with van der Waals surface area (Å²) in [6, 6.07) is 0. The van der Waals surface area contributed by atoms with Gasteiger partial charge in [-0.05, 0) is 13.8 Å². The molecule has 0 N–H and O–H groups in total. The highest BCUT2D eigenvalue weighted by atomic mass is 33.1. The zero-order valence-corrected chi connectivity index (χ0v) is 13.3. The van der Waals surface area contributed by atoms with E-state index in [4.69, 9.17) is 4.74 Å². The van der Waals surface area contributed by atoms with Crippen molar-refractivity contribution >= 4 is 31.4 Å². The van der Waals surface area contributed by atoms with Gasteiger partial charge < -0.3 is 4.74 Å². The Morgan fingerprint density at radius 2 is 1.81 bits per heavy atom. The number of methoxy groups -OCH3 is 1. The van der Waals surface area contributed by atoms with Crippen LogP contribution in [0.25, 0.3) is 0 Å². The first-order valence-corrected chi connectivity index (χ1v) is 9.58. The first-order valence-electron chi connectivity index (χ1n) is 5.31. The van der Waals surface area contributed by atoms with E-state index in [1.54, 1.807) is 28.7 Å². The second-order valence-corrected chi connectivity index (χ2v) is 9.35. The molecule has 0 bridgehead atoms.